The highest BCUT2D eigenvalue weighted by Gasteiger charge is 2.31. The summed E-state index contributed by atoms with van der Waals surface area (Å²) < 4.78 is 5.07. The Morgan fingerprint density at radius 3 is 2.55 bits per heavy atom. The largest absolute Gasteiger partial charge is 0.480 e. The number of aryl methyl sites for hydroxylation is 1. The van der Waals surface area contributed by atoms with Gasteiger partial charge in [-0.05, 0) is 30.7 Å². The number of ketones is 1. The molecule has 3 aromatic rings. The van der Waals surface area contributed by atoms with Crippen molar-refractivity contribution >= 4 is 35.0 Å². The van der Waals surface area contributed by atoms with Gasteiger partial charge in [-0.2, -0.15) is 0 Å². The van der Waals surface area contributed by atoms with Gasteiger partial charge >= 0.3 is 5.97 Å². The first kappa shape index (κ1) is 23.4. The van der Waals surface area contributed by atoms with Crippen molar-refractivity contribution in [1.82, 2.24) is 15.0 Å². The molecule has 1 fully saturated rings. The van der Waals surface area contributed by atoms with Gasteiger partial charge in [0.05, 0.1) is 17.1 Å². The topological polar surface area (TPSA) is 86.9 Å². The molecule has 0 spiro atoms. The smallest absolute Gasteiger partial charge is 0.325 e. The molecule has 1 unspecified atom stereocenters. The normalized spacial score (nSPS) is 16.0. The highest BCUT2D eigenvalue weighted by atomic mass is 35.5. The molecule has 0 aliphatic carbocycles. The Morgan fingerprint density at radius 1 is 1.12 bits per heavy atom. The minimum absolute atomic E-state index is 0.140. The lowest BCUT2D eigenvalue weighted by molar-refractivity contribution is -0.144. The quantitative estimate of drug-likeness (QED) is 0.487. The summed E-state index contributed by atoms with van der Waals surface area (Å²) in [6.45, 7) is 4.35. The first-order valence-electron chi connectivity index (χ1n) is 10.5. The van der Waals surface area contributed by atoms with Crippen LogP contribution in [0.15, 0.2) is 53.3 Å². The zero-order valence-corrected chi connectivity index (χ0v) is 19.5. The molecule has 1 saturated heterocycles. The number of aromatic nitrogens is 1. The number of piperazine rings is 1. The van der Waals surface area contributed by atoms with E-state index in [0.717, 1.165) is 11.1 Å². The van der Waals surface area contributed by atoms with E-state index >= 15 is 0 Å². The molecule has 1 aliphatic heterocycles. The molecular weight excluding hydrogens is 465 g/mol. The number of nitrogens with zero attached hydrogens (tertiary/aromatic N) is 3. The number of hydrogen-bond donors (Lipinski definition) is 1. The zero-order chi connectivity index (χ0) is 23.5. The number of Topliss-reactive ketones (excluding diaryl/α,β-unsaturated/α-hetero) is 1. The second-order valence-electron chi connectivity index (χ2n) is 8.09. The maximum absolute atomic E-state index is 13.0. The van der Waals surface area contributed by atoms with Gasteiger partial charge in [-0.25, -0.2) is 0 Å². The zero-order valence-electron chi connectivity index (χ0n) is 18.0. The lowest BCUT2D eigenvalue weighted by Crippen LogP contribution is -2.50. The van der Waals surface area contributed by atoms with E-state index in [1.807, 2.05) is 41.0 Å². The van der Waals surface area contributed by atoms with E-state index in [2.05, 4.69) is 5.16 Å². The maximum Gasteiger partial charge on any atom is 0.325 e. The number of carbonyl (C=O) groups excluding carboxylic acids is 1. The fraction of sp³-hybridized carbons (Fsp3) is 0.292. The molecule has 7 nitrogen and oxygen atoms in total. The van der Waals surface area contributed by atoms with Gasteiger partial charge in [0, 0.05) is 36.8 Å². The molecule has 4 rings (SSSR count). The predicted octanol–water partition coefficient (Wildman–Crippen LogP) is 4.58. The number of benzene rings is 2. The van der Waals surface area contributed by atoms with Crippen LogP contribution in [0.5, 0.6) is 0 Å². The molecule has 1 aromatic heterocycles. The average molecular weight is 488 g/mol. The molecule has 1 atom stereocenters. The molecule has 1 N–H and O–H groups in total. The van der Waals surface area contributed by atoms with Crippen molar-refractivity contribution in [2.45, 2.75) is 13.0 Å². The molecule has 0 radical (unpaired) electrons. The van der Waals surface area contributed by atoms with Crippen molar-refractivity contribution in [1.29, 1.82) is 0 Å². The molecule has 0 bridgehead atoms. The Hall–Kier alpha value is -2.71. The Kier molecular flexibility index (Phi) is 7.14. The minimum atomic E-state index is -0.876. The van der Waals surface area contributed by atoms with Crippen molar-refractivity contribution in [2.24, 2.45) is 0 Å². The van der Waals surface area contributed by atoms with Crippen LogP contribution in [0.1, 0.15) is 27.5 Å². The molecule has 2 aromatic carbocycles. The van der Waals surface area contributed by atoms with Crippen molar-refractivity contribution in [3.63, 3.8) is 0 Å². The number of carboxylic acid groups (broad SMARTS) is 1. The SMILES string of the molecule is Cc1cccc(C(C(=O)O)N2CCN(CC(=O)c3conc3-c3ccc(Cl)cc3Cl)CC2)c1. The van der Waals surface area contributed by atoms with Gasteiger partial charge < -0.3 is 9.63 Å². The number of hydrogen-bond acceptors (Lipinski definition) is 6. The molecule has 172 valence electrons. The fourth-order valence-electron chi connectivity index (χ4n) is 4.13. The molecule has 2 heterocycles. The van der Waals surface area contributed by atoms with E-state index in [-0.39, 0.29) is 12.3 Å². The van der Waals surface area contributed by atoms with Crippen LogP contribution in [0.3, 0.4) is 0 Å². The lowest BCUT2D eigenvalue weighted by Gasteiger charge is -2.37. The van der Waals surface area contributed by atoms with Crippen LogP contribution in [-0.4, -0.2) is 64.5 Å². The van der Waals surface area contributed by atoms with E-state index in [1.165, 1.54) is 6.26 Å². The molecule has 33 heavy (non-hydrogen) atoms. The third-order valence-corrected chi connectivity index (χ3v) is 6.34. The average Bonchev–Trinajstić information content (AvgIpc) is 3.25. The summed E-state index contributed by atoms with van der Waals surface area (Å²) in [7, 11) is 0. The monoisotopic (exact) mass is 487 g/mol. The number of halogens is 2. The van der Waals surface area contributed by atoms with Gasteiger partial charge in [0.1, 0.15) is 18.0 Å². The molecule has 9 heteroatoms. The van der Waals surface area contributed by atoms with Crippen molar-refractivity contribution < 1.29 is 19.2 Å². The molecular formula is C24H23Cl2N3O4. The predicted molar refractivity (Wildman–Crippen MR) is 126 cm³/mol. The Morgan fingerprint density at radius 2 is 1.88 bits per heavy atom. The lowest BCUT2D eigenvalue weighted by atomic mass is 10.0. The Balaban J connectivity index is 1.42. The number of carbonyl (C=O) groups is 2. The molecule has 1 aliphatic rings. The summed E-state index contributed by atoms with van der Waals surface area (Å²) >= 11 is 12.2. The Labute approximate surface area is 201 Å². The van der Waals surface area contributed by atoms with E-state index in [0.29, 0.717) is 53.0 Å². The summed E-state index contributed by atoms with van der Waals surface area (Å²) in [5.74, 6) is -1.02. The standard InChI is InChI=1S/C24H23Cl2N3O4/c1-15-3-2-4-16(11-15)23(24(31)32)29-9-7-28(8-10-29)13-21(30)19-14-33-27-22(19)18-6-5-17(25)12-20(18)26/h2-6,11-12,14,23H,7-10,13H2,1H3,(H,31,32). The highest BCUT2D eigenvalue weighted by molar-refractivity contribution is 6.36. The van der Waals surface area contributed by atoms with Crippen LogP contribution in [-0.2, 0) is 4.79 Å². The summed E-state index contributed by atoms with van der Waals surface area (Å²) in [6, 6.07) is 11.8. The summed E-state index contributed by atoms with van der Waals surface area (Å²) in [5, 5.41) is 14.7. The second-order valence-corrected chi connectivity index (χ2v) is 8.93. The van der Waals surface area contributed by atoms with Gasteiger partial charge in [-0.15, -0.1) is 0 Å². The van der Waals surface area contributed by atoms with Crippen LogP contribution in [0.25, 0.3) is 11.3 Å². The number of carboxylic acids is 1. The summed E-state index contributed by atoms with van der Waals surface area (Å²) in [5.41, 5.74) is 3.09. The Bertz CT molecular complexity index is 1170. The first-order valence-corrected chi connectivity index (χ1v) is 11.3. The van der Waals surface area contributed by atoms with Crippen LogP contribution >= 0.6 is 23.2 Å². The van der Waals surface area contributed by atoms with Crippen LogP contribution in [0.2, 0.25) is 10.0 Å². The molecule has 0 amide bonds. The number of aliphatic carboxylic acids is 1. The van der Waals surface area contributed by atoms with E-state index < -0.39 is 12.0 Å². The van der Waals surface area contributed by atoms with E-state index in [9.17, 15) is 14.7 Å². The van der Waals surface area contributed by atoms with Crippen LogP contribution < -0.4 is 0 Å². The first-order chi connectivity index (χ1) is 15.8. The van der Waals surface area contributed by atoms with Gasteiger partial charge in [-0.3, -0.25) is 19.4 Å². The van der Waals surface area contributed by atoms with Crippen molar-refractivity contribution in [3.8, 4) is 11.3 Å². The summed E-state index contributed by atoms with van der Waals surface area (Å²) in [4.78, 5) is 29.0. The van der Waals surface area contributed by atoms with Crippen LogP contribution in [0.4, 0.5) is 0 Å². The molecule has 0 saturated carbocycles. The summed E-state index contributed by atoms with van der Waals surface area (Å²) in [6.07, 6.45) is 1.33. The second kappa shape index (κ2) is 10.1. The van der Waals surface area contributed by atoms with Gasteiger partial charge in [0.15, 0.2) is 5.78 Å². The third kappa shape index (κ3) is 5.28. The minimum Gasteiger partial charge on any atom is -0.480 e. The highest BCUT2D eigenvalue weighted by Crippen LogP contribution is 2.32. The van der Waals surface area contributed by atoms with Gasteiger partial charge in [0.2, 0.25) is 0 Å². The van der Waals surface area contributed by atoms with E-state index in [4.69, 9.17) is 27.7 Å². The van der Waals surface area contributed by atoms with Gasteiger partial charge in [0.25, 0.3) is 0 Å². The third-order valence-electron chi connectivity index (χ3n) is 5.79. The maximum atomic E-state index is 13.0. The number of rotatable bonds is 7. The fourth-order valence-corrected chi connectivity index (χ4v) is 4.63. The van der Waals surface area contributed by atoms with E-state index in [1.54, 1.807) is 18.2 Å². The van der Waals surface area contributed by atoms with Gasteiger partial charge in [-0.1, -0.05) is 58.2 Å². The van der Waals surface area contributed by atoms with Crippen molar-refractivity contribution in [2.75, 3.05) is 32.7 Å². The van der Waals surface area contributed by atoms with Crippen LogP contribution in [0, 0.1) is 6.92 Å². The van der Waals surface area contributed by atoms with Crippen molar-refractivity contribution in [3.05, 3.63) is 75.5 Å².